The molecular formula is C11H11NO3S. The van der Waals surface area contributed by atoms with Crippen LogP contribution in [0.5, 0.6) is 5.75 Å². The Morgan fingerprint density at radius 1 is 1.50 bits per heavy atom. The van der Waals surface area contributed by atoms with Crippen LogP contribution >= 0.6 is 11.8 Å². The Kier molecular flexibility index (Phi) is 4.67. The molecule has 4 nitrogen and oxygen atoms in total. The van der Waals surface area contributed by atoms with Crippen LogP contribution in [0.25, 0.3) is 0 Å². The van der Waals surface area contributed by atoms with Gasteiger partial charge in [0.05, 0.1) is 25.5 Å². The van der Waals surface area contributed by atoms with Crippen LogP contribution in [-0.4, -0.2) is 25.9 Å². The molecule has 0 unspecified atom stereocenters. The molecule has 0 aromatic heterocycles. The van der Waals surface area contributed by atoms with Crippen molar-refractivity contribution in [2.75, 3.05) is 20.0 Å². The molecule has 0 spiro atoms. The molecule has 0 saturated carbocycles. The number of thioether (sulfide) groups is 1. The van der Waals surface area contributed by atoms with E-state index >= 15 is 0 Å². The van der Waals surface area contributed by atoms with Gasteiger partial charge >= 0.3 is 5.97 Å². The van der Waals surface area contributed by atoms with Crippen LogP contribution in [-0.2, 0) is 9.53 Å². The summed E-state index contributed by atoms with van der Waals surface area (Å²) >= 11 is 1.26. The van der Waals surface area contributed by atoms with Gasteiger partial charge < -0.3 is 9.47 Å². The maximum atomic E-state index is 11.0. The average Bonchev–Trinajstić information content (AvgIpc) is 2.35. The Hall–Kier alpha value is -1.67. The number of nitriles is 1. The van der Waals surface area contributed by atoms with E-state index in [0.717, 1.165) is 0 Å². The Bertz CT molecular complexity index is 426. The van der Waals surface area contributed by atoms with Crippen LogP contribution in [0.4, 0.5) is 0 Å². The van der Waals surface area contributed by atoms with Crippen molar-refractivity contribution in [1.29, 1.82) is 5.26 Å². The Morgan fingerprint density at radius 3 is 2.81 bits per heavy atom. The minimum Gasteiger partial charge on any atom is -0.497 e. The van der Waals surface area contributed by atoms with Gasteiger partial charge in [0.1, 0.15) is 11.8 Å². The molecule has 0 bridgehead atoms. The van der Waals surface area contributed by atoms with Gasteiger partial charge in [-0.05, 0) is 18.2 Å². The van der Waals surface area contributed by atoms with Crippen molar-refractivity contribution in [1.82, 2.24) is 0 Å². The zero-order chi connectivity index (χ0) is 12.0. The number of benzene rings is 1. The lowest BCUT2D eigenvalue weighted by Crippen LogP contribution is -2.03. The quantitative estimate of drug-likeness (QED) is 0.590. The fraction of sp³-hybridized carbons (Fsp3) is 0.273. The highest BCUT2D eigenvalue weighted by Crippen LogP contribution is 2.26. The number of ether oxygens (including phenoxy) is 2. The van der Waals surface area contributed by atoms with Gasteiger partial charge in [-0.3, -0.25) is 4.79 Å². The molecule has 5 heteroatoms. The first-order valence-electron chi connectivity index (χ1n) is 4.49. The standard InChI is InChI=1S/C11H11NO3S/c1-14-9-4-3-8(6-12)10(5-9)16-7-11(13)15-2/h3-5H,7H2,1-2H3. The van der Waals surface area contributed by atoms with Gasteiger partial charge in [-0.25, -0.2) is 0 Å². The molecule has 1 aromatic rings. The third-order valence-corrected chi connectivity index (χ3v) is 2.91. The van der Waals surface area contributed by atoms with E-state index in [0.29, 0.717) is 16.2 Å². The van der Waals surface area contributed by atoms with E-state index in [-0.39, 0.29) is 11.7 Å². The number of nitrogens with zero attached hydrogens (tertiary/aromatic N) is 1. The van der Waals surface area contributed by atoms with Gasteiger partial charge in [0.25, 0.3) is 0 Å². The van der Waals surface area contributed by atoms with Gasteiger partial charge in [0.15, 0.2) is 0 Å². The molecule has 0 saturated heterocycles. The van der Waals surface area contributed by atoms with Gasteiger partial charge in [0.2, 0.25) is 0 Å². The predicted octanol–water partition coefficient (Wildman–Crippen LogP) is 1.83. The topological polar surface area (TPSA) is 59.3 Å². The average molecular weight is 237 g/mol. The van der Waals surface area contributed by atoms with Crippen molar-refractivity contribution >= 4 is 17.7 Å². The van der Waals surface area contributed by atoms with Crippen molar-refractivity contribution in [2.45, 2.75) is 4.90 Å². The van der Waals surface area contributed by atoms with E-state index in [2.05, 4.69) is 10.8 Å². The molecule has 0 aliphatic carbocycles. The normalized spacial score (nSPS) is 9.31. The second-order valence-corrected chi connectivity index (χ2v) is 3.86. The molecule has 1 aromatic carbocycles. The lowest BCUT2D eigenvalue weighted by Gasteiger charge is -2.05. The molecule has 0 fully saturated rings. The minimum absolute atomic E-state index is 0.179. The highest BCUT2D eigenvalue weighted by atomic mass is 32.2. The first kappa shape index (κ1) is 12.4. The van der Waals surface area contributed by atoms with Crippen molar-refractivity contribution in [2.24, 2.45) is 0 Å². The monoisotopic (exact) mass is 237 g/mol. The molecule has 0 radical (unpaired) electrons. The number of carbonyl (C=O) groups is 1. The number of hydrogen-bond donors (Lipinski definition) is 0. The zero-order valence-corrected chi connectivity index (χ0v) is 9.84. The Morgan fingerprint density at radius 2 is 2.25 bits per heavy atom. The fourth-order valence-electron chi connectivity index (χ4n) is 1.04. The van der Waals surface area contributed by atoms with Crippen LogP contribution in [0.2, 0.25) is 0 Å². The third-order valence-electron chi connectivity index (χ3n) is 1.88. The van der Waals surface area contributed by atoms with Crippen LogP contribution in [0, 0.1) is 11.3 Å². The lowest BCUT2D eigenvalue weighted by atomic mass is 10.2. The molecule has 0 aliphatic heterocycles. The number of rotatable bonds is 4. The van der Waals surface area contributed by atoms with Crippen molar-refractivity contribution < 1.29 is 14.3 Å². The van der Waals surface area contributed by atoms with E-state index in [4.69, 9.17) is 10.00 Å². The van der Waals surface area contributed by atoms with Crippen molar-refractivity contribution in [3.05, 3.63) is 23.8 Å². The lowest BCUT2D eigenvalue weighted by molar-refractivity contribution is -0.137. The summed E-state index contributed by atoms with van der Waals surface area (Å²) < 4.78 is 9.58. The zero-order valence-electron chi connectivity index (χ0n) is 9.02. The first-order valence-corrected chi connectivity index (χ1v) is 5.47. The van der Waals surface area contributed by atoms with E-state index in [9.17, 15) is 4.79 Å². The summed E-state index contributed by atoms with van der Waals surface area (Å²) in [6.07, 6.45) is 0. The summed E-state index contributed by atoms with van der Waals surface area (Å²) in [5, 5.41) is 8.88. The van der Waals surface area contributed by atoms with Gasteiger partial charge in [-0.15, -0.1) is 11.8 Å². The van der Waals surface area contributed by atoms with Crippen LogP contribution in [0.15, 0.2) is 23.1 Å². The number of carbonyl (C=O) groups excluding carboxylic acids is 1. The number of esters is 1. The largest absolute Gasteiger partial charge is 0.497 e. The van der Waals surface area contributed by atoms with Gasteiger partial charge in [-0.2, -0.15) is 5.26 Å². The fourth-order valence-corrected chi connectivity index (χ4v) is 1.90. The second-order valence-electron chi connectivity index (χ2n) is 2.84. The highest BCUT2D eigenvalue weighted by Gasteiger charge is 2.07. The molecule has 16 heavy (non-hydrogen) atoms. The van der Waals surface area contributed by atoms with E-state index in [1.807, 2.05) is 0 Å². The van der Waals surface area contributed by atoms with Crippen LogP contribution < -0.4 is 4.74 Å². The number of hydrogen-bond acceptors (Lipinski definition) is 5. The van der Waals surface area contributed by atoms with Crippen molar-refractivity contribution in [3.63, 3.8) is 0 Å². The minimum atomic E-state index is -0.322. The van der Waals surface area contributed by atoms with E-state index < -0.39 is 0 Å². The highest BCUT2D eigenvalue weighted by molar-refractivity contribution is 8.00. The summed E-state index contributed by atoms with van der Waals surface area (Å²) in [5.74, 6) is 0.515. The summed E-state index contributed by atoms with van der Waals surface area (Å²) in [6.45, 7) is 0. The molecule has 0 aliphatic rings. The molecule has 0 heterocycles. The molecule has 84 valence electrons. The van der Waals surface area contributed by atoms with Gasteiger partial charge in [0, 0.05) is 4.90 Å². The van der Waals surface area contributed by atoms with Crippen LogP contribution in [0.1, 0.15) is 5.56 Å². The first-order chi connectivity index (χ1) is 7.71. The Balaban J connectivity index is 2.84. The molecule has 0 amide bonds. The van der Waals surface area contributed by atoms with Crippen molar-refractivity contribution in [3.8, 4) is 11.8 Å². The van der Waals surface area contributed by atoms with E-state index in [1.54, 1.807) is 25.3 Å². The maximum Gasteiger partial charge on any atom is 0.315 e. The molecule has 0 atom stereocenters. The number of methoxy groups -OCH3 is 2. The second kappa shape index (κ2) is 6.03. The summed E-state index contributed by atoms with van der Waals surface area (Å²) in [4.78, 5) is 11.7. The van der Waals surface area contributed by atoms with E-state index in [1.165, 1.54) is 18.9 Å². The predicted molar refractivity (Wildman–Crippen MR) is 60.4 cm³/mol. The summed E-state index contributed by atoms with van der Waals surface area (Å²) in [6, 6.07) is 7.16. The molecular weight excluding hydrogens is 226 g/mol. The Labute approximate surface area is 98.2 Å². The van der Waals surface area contributed by atoms with Crippen LogP contribution in [0.3, 0.4) is 0 Å². The smallest absolute Gasteiger partial charge is 0.315 e. The summed E-state index contributed by atoms with van der Waals surface area (Å²) in [7, 11) is 2.88. The van der Waals surface area contributed by atoms with Gasteiger partial charge in [-0.1, -0.05) is 0 Å². The summed E-state index contributed by atoms with van der Waals surface area (Å²) in [5.41, 5.74) is 0.523. The molecule has 1 rings (SSSR count). The SMILES string of the molecule is COC(=O)CSc1cc(OC)ccc1C#N. The molecule has 0 N–H and O–H groups in total. The third kappa shape index (κ3) is 3.17. The maximum absolute atomic E-state index is 11.0.